The molecular weight excluding hydrogens is 385 g/mol. The molecule has 0 unspecified atom stereocenters. The number of sulfonamides is 1. The van der Waals surface area contributed by atoms with Crippen LogP contribution in [0.3, 0.4) is 0 Å². The molecule has 25 heavy (non-hydrogen) atoms. The highest BCUT2D eigenvalue weighted by Crippen LogP contribution is 2.28. The third-order valence-electron chi connectivity index (χ3n) is 3.80. The van der Waals surface area contributed by atoms with Crippen LogP contribution in [0, 0.1) is 5.82 Å². The first-order valence-corrected chi connectivity index (χ1v) is 10.5. The summed E-state index contributed by atoms with van der Waals surface area (Å²) in [4.78, 5) is 1.11. The Balaban J connectivity index is 1.73. The van der Waals surface area contributed by atoms with Gasteiger partial charge in [-0.25, -0.2) is 12.8 Å². The van der Waals surface area contributed by atoms with Crippen LogP contribution in [0.25, 0.3) is 0 Å². The summed E-state index contributed by atoms with van der Waals surface area (Å²) in [6.07, 6.45) is 0. The van der Waals surface area contributed by atoms with Gasteiger partial charge < -0.3 is 4.74 Å². The van der Waals surface area contributed by atoms with Gasteiger partial charge in [0.2, 0.25) is 10.0 Å². The summed E-state index contributed by atoms with van der Waals surface area (Å²) in [6, 6.07) is 11.4. The number of ether oxygens (including phenoxy) is 1. The number of nitrogens with zero attached hydrogens (tertiary/aromatic N) is 1. The standard InChI is InChI=1S/C17H17ClFNO3S2/c18-16-11-14(4-5-17(16)19)24-12-13-2-1-3-15(10-13)25(21,22)20-6-8-23-9-7-20/h1-5,10-11H,6-9,12H2. The van der Waals surface area contributed by atoms with Crippen molar-refractivity contribution in [2.45, 2.75) is 15.5 Å². The number of thioether (sulfide) groups is 1. The molecule has 0 amide bonds. The summed E-state index contributed by atoms with van der Waals surface area (Å²) in [7, 11) is -3.51. The van der Waals surface area contributed by atoms with Gasteiger partial charge in [-0.3, -0.25) is 0 Å². The summed E-state index contributed by atoms with van der Waals surface area (Å²) in [5.41, 5.74) is 0.875. The first-order valence-electron chi connectivity index (χ1n) is 7.71. The lowest BCUT2D eigenvalue weighted by atomic mass is 10.2. The fourth-order valence-electron chi connectivity index (χ4n) is 2.47. The molecule has 3 rings (SSSR count). The molecule has 4 nitrogen and oxygen atoms in total. The second-order valence-corrected chi connectivity index (χ2v) is 8.92. The van der Waals surface area contributed by atoms with Crippen molar-refractivity contribution in [1.29, 1.82) is 0 Å². The highest BCUT2D eigenvalue weighted by molar-refractivity contribution is 7.98. The molecule has 1 aliphatic rings. The van der Waals surface area contributed by atoms with Gasteiger partial charge in [-0.15, -0.1) is 11.8 Å². The Labute approximate surface area is 156 Å². The van der Waals surface area contributed by atoms with Crippen LogP contribution in [-0.4, -0.2) is 39.0 Å². The van der Waals surface area contributed by atoms with Crippen LogP contribution in [0.5, 0.6) is 0 Å². The normalized spacial score (nSPS) is 16.1. The van der Waals surface area contributed by atoms with Gasteiger partial charge in [0.25, 0.3) is 0 Å². The van der Waals surface area contributed by atoms with Crippen molar-refractivity contribution >= 4 is 33.4 Å². The van der Waals surface area contributed by atoms with Crippen LogP contribution >= 0.6 is 23.4 Å². The van der Waals surface area contributed by atoms with Crippen molar-refractivity contribution in [3.05, 3.63) is 58.9 Å². The molecule has 0 bridgehead atoms. The molecule has 0 spiro atoms. The molecule has 0 saturated carbocycles. The molecule has 2 aromatic carbocycles. The average molecular weight is 402 g/mol. The fourth-order valence-corrected chi connectivity index (χ4v) is 5.07. The summed E-state index contributed by atoms with van der Waals surface area (Å²) >= 11 is 7.26. The smallest absolute Gasteiger partial charge is 0.243 e. The Hall–Kier alpha value is -1.12. The molecule has 0 aliphatic carbocycles. The van der Waals surface area contributed by atoms with Crippen molar-refractivity contribution in [3.63, 3.8) is 0 Å². The minimum atomic E-state index is -3.51. The lowest BCUT2D eigenvalue weighted by Crippen LogP contribution is -2.40. The van der Waals surface area contributed by atoms with E-state index < -0.39 is 15.8 Å². The molecule has 2 aromatic rings. The molecule has 1 saturated heterocycles. The molecule has 0 atom stereocenters. The first kappa shape index (κ1) is 18.7. The van der Waals surface area contributed by atoms with Gasteiger partial charge in [0.1, 0.15) is 5.82 Å². The molecule has 1 fully saturated rings. The van der Waals surface area contributed by atoms with E-state index in [0.29, 0.717) is 32.1 Å². The Morgan fingerprint density at radius 2 is 1.92 bits per heavy atom. The molecule has 0 radical (unpaired) electrons. The fraction of sp³-hybridized carbons (Fsp3) is 0.294. The van der Waals surface area contributed by atoms with Crippen molar-refractivity contribution in [3.8, 4) is 0 Å². The van der Waals surface area contributed by atoms with Gasteiger partial charge in [0.15, 0.2) is 0 Å². The van der Waals surface area contributed by atoms with E-state index in [0.717, 1.165) is 10.5 Å². The Bertz CT molecular complexity index is 855. The van der Waals surface area contributed by atoms with E-state index in [1.165, 1.54) is 22.1 Å². The van der Waals surface area contributed by atoms with Crippen molar-refractivity contribution < 1.29 is 17.5 Å². The molecule has 0 aromatic heterocycles. The molecule has 0 N–H and O–H groups in total. The maximum Gasteiger partial charge on any atom is 0.243 e. The number of benzene rings is 2. The van der Waals surface area contributed by atoms with E-state index in [1.54, 1.807) is 30.3 Å². The van der Waals surface area contributed by atoms with Gasteiger partial charge in [-0.05, 0) is 35.9 Å². The van der Waals surface area contributed by atoms with Crippen LogP contribution in [0.4, 0.5) is 4.39 Å². The predicted molar refractivity (Wildman–Crippen MR) is 97.0 cm³/mol. The van der Waals surface area contributed by atoms with Gasteiger partial charge in [-0.2, -0.15) is 4.31 Å². The third kappa shape index (κ3) is 4.54. The van der Waals surface area contributed by atoms with E-state index in [2.05, 4.69) is 0 Å². The number of hydrogen-bond acceptors (Lipinski definition) is 4. The summed E-state index contributed by atoms with van der Waals surface area (Å²) < 4.78 is 45.3. The minimum Gasteiger partial charge on any atom is -0.379 e. The molecule has 1 heterocycles. The molecule has 134 valence electrons. The van der Waals surface area contributed by atoms with Crippen LogP contribution in [0.15, 0.2) is 52.3 Å². The van der Waals surface area contributed by atoms with Crippen molar-refractivity contribution in [2.75, 3.05) is 26.3 Å². The number of halogens is 2. The zero-order chi connectivity index (χ0) is 17.9. The molecule has 8 heteroatoms. The van der Waals surface area contributed by atoms with Crippen molar-refractivity contribution in [1.82, 2.24) is 4.31 Å². The maximum absolute atomic E-state index is 13.2. The minimum absolute atomic E-state index is 0.0774. The van der Waals surface area contributed by atoms with E-state index in [1.807, 2.05) is 6.07 Å². The summed E-state index contributed by atoms with van der Waals surface area (Å²) in [5.74, 6) is 0.110. The first-order chi connectivity index (χ1) is 12.0. The van der Waals surface area contributed by atoms with Crippen LogP contribution in [0.2, 0.25) is 5.02 Å². The topological polar surface area (TPSA) is 46.6 Å². The van der Waals surface area contributed by atoms with E-state index >= 15 is 0 Å². The number of rotatable bonds is 5. The lowest BCUT2D eigenvalue weighted by Gasteiger charge is -2.26. The van der Waals surface area contributed by atoms with Crippen LogP contribution < -0.4 is 0 Å². The van der Waals surface area contributed by atoms with E-state index in [9.17, 15) is 12.8 Å². The summed E-state index contributed by atoms with van der Waals surface area (Å²) in [5, 5.41) is 0.0774. The second-order valence-electron chi connectivity index (χ2n) is 5.53. The molecule has 1 aliphatic heterocycles. The summed E-state index contributed by atoms with van der Waals surface area (Å²) in [6.45, 7) is 1.57. The number of hydrogen-bond donors (Lipinski definition) is 0. The van der Waals surface area contributed by atoms with Crippen LogP contribution in [-0.2, 0) is 20.5 Å². The zero-order valence-electron chi connectivity index (χ0n) is 13.3. The van der Waals surface area contributed by atoms with Gasteiger partial charge >= 0.3 is 0 Å². The van der Waals surface area contributed by atoms with Gasteiger partial charge in [0, 0.05) is 23.7 Å². The Morgan fingerprint density at radius 3 is 2.64 bits per heavy atom. The molecular formula is C17H17ClFNO3S2. The predicted octanol–water partition coefficient (Wildman–Crippen LogP) is 3.79. The van der Waals surface area contributed by atoms with E-state index in [-0.39, 0.29) is 9.92 Å². The third-order valence-corrected chi connectivity index (χ3v) is 7.05. The second kappa shape index (κ2) is 8.05. The zero-order valence-corrected chi connectivity index (χ0v) is 15.7. The quantitative estimate of drug-likeness (QED) is 0.715. The maximum atomic E-state index is 13.2. The van der Waals surface area contributed by atoms with Crippen molar-refractivity contribution in [2.24, 2.45) is 0 Å². The SMILES string of the molecule is O=S(=O)(c1cccc(CSc2ccc(F)c(Cl)c2)c1)N1CCOCC1. The average Bonchev–Trinajstić information content (AvgIpc) is 2.64. The monoisotopic (exact) mass is 401 g/mol. The van der Waals surface area contributed by atoms with E-state index in [4.69, 9.17) is 16.3 Å². The largest absolute Gasteiger partial charge is 0.379 e. The lowest BCUT2D eigenvalue weighted by molar-refractivity contribution is 0.0730. The van der Waals surface area contributed by atoms with Gasteiger partial charge in [-0.1, -0.05) is 23.7 Å². The Morgan fingerprint density at radius 1 is 1.16 bits per heavy atom. The highest BCUT2D eigenvalue weighted by Gasteiger charge is 2.26. The van der Waals surface area contributed by atoms with Gasteiger partial charge in [0.05, 0.1) is 23.1 Å². The van der Waals surface area contributed by atoms with Crippen LogP contribution in [0.1, 0.15) is 5.56 Å². The number of morpholine rings is 1. The Kier molecular flexibility index (Phi) is 6.01. The highest BCUT2D eigenvalue weighted by atomic mass is 35.5.